The molecule has 0 spiro atoms. The van der Waals surface area contributed by atoms with Crippen LogP contribution in [0.5, 0.6) is 0 Å². The van der Waals surface area contributed by atoms with Crippen molar-refractivity contribution < 1.29 is 13.9 Å². The van der Waals surface area contributed by atoms with Gasteiger partial charge in [-0.2, -0.15) is 5.10 Å². The van der Waals surface area contributed by atoms with Gasteiger partial charge in [-0.05, 0) is 38.1 Å². The van der Waals surface area contributed by atoms with Gasteiger partial charge in [0.25, 0.3) is 0 Å². The molecule has 0 amide bonds. The summed E-state index contributed by atoms with van der Waals surface area (Å²) in [7, 11) is 0. The standard InChI is InChI=1S/C24H25N5O3/c1-16-5-7-21(19(14-16)17(2)30)29-24-20(15-25-29)23(28-9-12-31-13-10-28)26-22(27-24)8-6-18-4-3-11-32-18/h3-5,7,11,14-15H,6,8-10,12-13H2,1-2H3. The summed E-state index contributed by atoms with van der Waals surface area (Å²) < 4.78 is 12.8. The van der Waals surface area contributed by atoms with Gasteiger partial charge in [0.05, 0.1) is 36.7 Å². The number of rotatable bonds is 6. The number of fused-ring (bicyclic) bond motifs is 1. The summed E-state index contributed by atoms with van der Waals surface area (Å²) in [6, 6.07) is 9.65. The zero-order valence-corrected chi connectivity index (χ0v) is 18.2. The van der Waals surface area contributed by atoms with Crippen LogP contribution >= 0.6 is 0 Å². The second-order valence-electron chi connectivity index (χ2n) is 8.01. The zero-order chi connectivity index (χ0) is 22.1. The molecule has 0 radical (unpaired) electrons. The molecule has 4 heterocycles. The fraction of sp³-hybridized carbons (Fsp3) is 0.333. The molecule has 4 aromatic rings. The second kappa shape index (κ2) is 8.55. The number of carbonyl (C=O) groups is 1. The van der Waals surface area contributed by atoms with E-state index in [2.05, 4.69) is 10.00 Å². The van der Waals surface area contributed by atoms with Gasteiger partial charge in [0.15, 0.2) is 11.4 Å². The number of aromatic nitrogens is 4. The van der Waals surface area contributed by atoms with E-state index in [1.165, 1.54) is 0 Å². The Morgan fingerprint density at radius 2 is 1.97 bits per heavy atom. The number of anilines is 1. The highest BCUT2D eigenvalue weighted by Crippen LogP contribution is 2.28. The Hall–Kier alpha value is -3.52. The Balaban J connectivity index is 1.63. The molecule has 164 valence electrons. The van der Waals surface area contributed by atoms with Crippen LogP contribution < -0.4 is 4.90 Å². The number of nitrogens with zero attached hydrogens (tertiary/aromatic N) is 5. The van der Waals surface area contributed by atoms with Gasteiger partial charge in [0, 0.05) is 31.5 Å². The summed E-state index contributed by atoms with van der Waals surface area (Å²) in [4.78, 5) is 24.3. The lowest BCUT2D eigenvalue weighted by Crippen LogP contribution is -2.37. The maximum atomic E-state index is 12.4. The first-order chi connectivity index (χ1) is 15.6. The van der Waals surface area contributed by atoms with Crippen molar-refractivity contribution in [2.75, 3.05) is 31.2 Å². The summed E-state index contributed by atoms with van der Waals surface area (Å²) in [5.74, 6) is 2.46. The van der Waals surface area contributed by atoms with Gasteiger partial charge in [-0.25, -0.2) is 14.6 Å². The number of morpholine rings is 1. The van der Waals surface area contributed by atoms with Crippen LogP contribution in [0, 0.1) is 6.92 Å². The van der Waals surface area contributed by atoms with E-state index in [4.69, 9.17) is 19.1 Å². The molecule has 0 saturated carbocycles. The third-order valence-corrected chi connectivity index (χ3v) is 5.70. The molecule has 0 atom stereocenters. The quantitative estimate of drug-likeness (QED) is 0.432. The van der Waals surface area contributed by atoms with Crippen molar-refractivity contribution in [3.05, 3.63) is 65.5 Å². The molecule has 32 heavy (non-hydrogen) atoms. The zero-order valence-electron chi connectivity index (χ0n) is 18.2. The lowest BCUT2D eigenvalue weighted by molar-refractivity contribution is 0.101. The van der Waals surface area contributed by atoms with Crippen LogP contribution in [0.3, 0.4) is 0 Å². The van der Waals surface area contributed by atoms with Crippen molar-refractivity contribution in [2.24, 2.45) is 0 Å². The first-order valence-corrected chi connectivity index (χ1v) is 10.8. The number of aryl methyl sites for hydroxylation is 3. The van der Waals surface area contributed by atoms with Crippen LogP contribution in [0.15, 0.2) is 47.2 Å². The summed E-state index contributed by atoms with van der Waals surface area (Å²) >= 11 is 0. The van der Waals surface area contributed by atoms with Gasteiger partial charge in [-0.3, -0.25) is 4.79 Å². The first kappa shape index (κ1) is 20.4. The Kier molecular flexibility index (Phi) is 5.45. The topological polar surface area (TPSA) is 86.3 Å². The smallest absolute Gasteiger partial charge is 0.168 e. The predicted molar refractivity (Wildman–Crippen MR) is 121 cm³/mol. The number of furan rings is 1. The number of benzene rings is 1. The SMILES string of the molecule is CC(=O)c1cc(C)ccc1-n1ncc2c(N3CCOCC3)nc(CCc3ccco3)nc21. The molecular formula is C24H25N5O3. The van der Waals surface area contributed by atoms with E-state index in [0.717, 1.165) is 41.3 Å². The van der Waals surface area contributed by atoms with Crippen molar-refractivity contribution in [3.8, 4) is 5.69 Å². The highest BCUT2D eigenvalue weighted by Gasteiger charge is 2.22. The van der Waals surface area contributed by atoms with Gasteiger partial charge >= 0.3 is 0 Å². The van der Waals surface area contributed by atoms with Gasteiger partial charge in [-0.15, -0.1) is 0 Å². The first-order valence-electron chi connectivity index (χ1n) is 10.8. The second-order valence-corrected chi connectivity index (χ2v) is 8.01. The minimum absolute atomic E-state index is 0.00662. The van der Waals surface area contributed by atoms with Crippen molar-refractivity contribution in [3.63, 3.8) is 0 Å². The van der Waals surface area contributed by atoms with E-state index in [0.29, 0.717) is 43.1 Å². The molecule has 0 bridgehead atoms. The molecule has 1 aromatic carbocycles. The Bertz CT molecular complexity index is 1260. The van der Waals surface area contributed by atoms with Crippen LogP contribution in [0.2, 0.25) is 0 Å². The van der Waals surface area contributed by atoms with Crippen molar-refractivity contribution in [2.45, 2.75) is 26.7 Å². The fourth-order valence-electron chi connectivity index (χ4n) is 4.05. The molecule has 1 saturated heterocycles. The van der Waals surface area contributed by atoms with Gasteiger partial charge in [-0.1, -0.05) is 11.6 Å². The molecule has 1 fully saturated rings. The third kappa shape index (κ3) is 3.89. The van der Waals surface area contributed by atoms with Crippen LogP contribution in [-0.2, 0) is 17.6 Å². The van der Waals surface area contributed by atoms with E-state index in [1.54, 1.807) is 24.1 Å². The maximum absolute atomic E-state index is 12.4. The van der Waals surface area contributed by atoms with E-state index in [1.807, 2.05) is 37.3 Å². The molecule has 0 N–H and O–H groups in total. The van der Waals surface area contributed by atoms with Crippen molar-refractivity contribution in [1.29, 1.82) is 0 Å². The Morgan fingerprint density at radius 3 is 2.72 bits per heavy atom. The summed E-state index contributed by atoms with van der Waals surface area (Å²) in [6.07, 6.45) is 4.81. The number of Topliss-reactive ketones (excluding diaryl/α,β-unsaturated/α-hetero) is 1. The van der Waals surface area contributed by atoms with Crippen LogP contribution in [-0.4, -0.2) is 51.8 Å². The summed E-state index contributed by atoms with van der Waals surface area (Å²) in [5, 5.41) is 5.49. The molecule has 0 aliphatic carbocycles. The van der Waals surface area contributed by atoms with Crippen LogP contribution in [0.25, 0.3) is 16.7 Å². The van der Waals surface area contributed by atoms with E-state index in [-0.39, 0.29) is 5.78 Å². The maximum Gasteiger partial charge on any atom is 0.168 e. The number of hydrogen-bond acceptors (Lipinski definition) is 7. The summed E-state index contributed by atoms with van der Waals surface area (Å²) in [6.45, 7) is 6.40. The largest absolute Gasteiger partial charge is 0.469 e. The molecular weight excluding hydrogens is 406 g/mol. The lowest BCUT2D eigenvalue weighted by atomic mass is 10.1. The third-order valence-electron chi connectivity index (χ3n) is 5.70. The van der Waals surface area contributed by atoms with E-state index < -0.39 is 0 Å². The number of hydrogen-bond donors (Lipinski definition) is 0. The fourth-order valence-corrected chi connectivity index (χ4v) is 4.05. The monoisotopic (exact) mass is 431 g/mol. The van der Waals surface area contributed by atoms with Gasteiger partial charge < -0.3 is 14.1 Å². The average Bonchev–Trinajstić information content (AvgIpc) is 3.48. The summed E-state index contributed by atoms with van der Waals surface area (Å²) in [5.41, 5.74) is 3.07. The number of ketones is 1. The molecule has 8 nitrogen and oxygen atoms in total. The lowest BCUT2D eigenvalue weighted by Gasteiger charge is -2.28. The molecule has 3 aromatic heterocycles. The van der Waals surface area contributed by atoms with Crippen molar-refractivity contribution in [1.82, 2.24) is 19.7 Å². The highest BCUT2D eigenvalue weighted by molar-refractivity contribution is 5.99. The average molecular weight is 431 g/mol. The predicted octanol–water partition coefficient (Wildman–Crippen LogP) is 3.54. The van der Waals surface area contributed by atoms with Crippen LogP contribution in [0.1, 0.15) is 34.4 Å². The van der Waals surface area contributed by atoms with E-state index >= 15 is 0 Å². The van der Waals surface area contributed by atoms with Gasteiger partial charge in [0.2, 0.25) is 0 Å². The molecule has 1 aliphatic rings. The molecule has 8 heteroatoms. The Labute approximate surface area is 185 Å². The molecule has 0 unspecified atom stereocenters. The normalized spacial score (nSPS) is 14.2. The van der Waals surface area contributed by atoms with Gasteiger partial charge in [0.1, 0.15) is 17.4 Å². The highest BCUT2D eigenvalue weighted by atomic mass is 16.5. The number of ether oxygens (including phenoxy) is 1. The Morgan fingerprint density at radius 1 is 1.12 bits per heavy atom. The molecule has 1 aliphatic heterocycles. The van der Waals surface area contributed by atoms with E-state index in [9.17, 15) is 4.79 Å². The minimum Gasteiger partial charge on any atom is -0.469 e. The van der Waals surface area contributed by atoms with Crippen molar-refractivity contribution >= 4 is 22.6 Å². The van der Waals surface area contributed by atoms with Crippen LogP contribution in [0.4, 0.5) is 5.82 Å². The molecule has 5 rings (SSSR count). The minimum atomic E-state index is -0.00662. The number of carbonyl (C=O) groups excluding carboxylic acids is 1.